The highest BCUT2D eigenvalue weighted by Gasteiger charge is 2.37. The molecule has 0 bridgehead atoms. The maximum atomic E-state index is 13.9. The molecule has 1 fully saturated rings. The minimum absolute atomic E-state index is 0.134. The van der Waals surface area contributed by atoms with Crippen molar-refractivity contribution in [3.8, 4) is 0 Å². The number of carbonyl (C=O) groups is 9. The molecule has 0 unspecified atom stereocenters. The zero-order valence-corrected chi connectivity index (χ0v) is 33.7. The van der Waals surface area contributed by atoms with E-state index >= 15 is 0 Å². The van der Waals surface area contributed by atoms with Crippen molar-refractivity contribution >= 4 is 53.2 Å². The summed E-state index contributed by atoms with van der Waals surface area (Å²) in [7, 11) is 0. The van der Waals surface area contributed by atoms with E-state index in [1.807, 2.05) is 35.2 Å². The SMILES string of the molecule is CC(=O)N[C@@H](CO)C(=O)N[C@@H](CCC(N)=O)C(=O)N[C@@H](CC(N)=O)C(=O)N[C@@H](Cc1ccccc1)CN1CCC[C@@H]1C(=O)N[C@H](C(=O)N[C@H](C(N)=O)C(C)C)C(C)C. The lowest BCUT2D eigenvalue weighted by Gasteiger charge is -2.32. The van der Waals surface area contributed by atoms with Crippen LogP contribution >= 0.6 is 0 Å². The van der Waals surface area contributed by atoms with Crippen molar-refractivity contribution in [3.63, 3.8) is 0 Å². The van der Waals surface area contributed by atoms with E-state index in [9.17, 15) is 48.3 Å². The maximum Gasteiger partial charge on any atom is 0.245 e. The van der Waals surface area contributed by atoms with Crippen molar-refractivity contribution in [3.05, 3.63) is 35.9 Å². The van der Waals surface area contributed by atoms with Crippen LogP contribution in [0.5, 0.6) is 0 Å². The van der Waals surface area contributed by atoms with Crippen LogP contribution in [0.15, 0.2) is 30.3 Å². The van der Waals surface area contributed by atoms with E-state index in [0.29, 0.717) is 19.4 Å². The molecule has 0 spiro atoms. The number of nitrogens with two attached hydrogens (primary N) is 3. The number of rotatable bonds is 24. The fourth-order valence-corrected chi connectivity index (χ4v) is 6.53. The average Bonchev–Trinajstić information content (AvgIpc) is 3.60. The summed E-state index contributed by atoms with van der Waals surface area (Å²) in [5, 5.41) is 24.9. The molecule has 1 aromatic carbocycles. The first kappa shape index (κ1) is 48.5. The number of hydrogen-bond acceptors (Lipinski definition) is 11. The Bertz CT molecular complexity index is 1630. The molecular formula is C38H60N10O10. The number of nitrogens with zero attached hydrogens (tertiary/aromatic N) is 1. The number of hydrogen-bond donors (Lipinski definition) is 10. The van der Waals surface area contributed by atoms with Crippen LogP contribution in [0.2, 0.25) is 0 Å². The number of amides is 9. The van der Waals surface area contributed by atoms with Gasteiger partial charge in [-0.1, -0.05) is 58.0 Å². The zero-order valence-electron chi connectivity index (χ0n) is 33.7. The molecule has 1 saturated heterocycles. The third kappa shape index (κ3) is 16.1. The first-order chi connectivity index (χ1) is 27.2. The molecule has 0 radical (unpaired) electrons. The number of aliphatic hydroxyl groups excluding tert-OH is 1. The smallest absolute Gasteiger partial charge is 0.245 e. The molecule has 0 saturated carbocycles. The molecule has 0 aromatic heterocycles. The molecule has 13 N–H and O–H groups in total. The van der Waals surface area contributed by atoms with E-state index in [-0.39, 0.29) is 37.6 Å². The van der Waals surface area contributed by atoms with Crippen molar-refractivity contribution in [1.82, 2.24) is 36.8 Å². The second kappa shape index (κ2) is 23.6. The first-order valence-electron chi connectivity index (χ1n) is 19.3. The van der Waals surface area contributed by atoms with Crippen molar-refractivity contribution in [2.24, 2.45) is 29.0 Å². The molecular weight excluding hydrogens is 756 g/mol. The van der Waals surface area contributed by atoms with E-state index in [0.717, 1.165) is 12.5 Å². The Morgan fingerprint density at radius 2 is 1.31 bits per heavy atom. The van der Waals surface area contributed by atoms with Crippen molar-refractivity contribution in [2.75, 3.05) is 19.7 Å². The molecule has 7 atom stereocenters. The zero-order chi connectivity index (χ0) is 43.7. The van der Waals surface area contributed by atoms with E-state index in [2.05, 4.69) is 31.9 Å². The normalized spacial score (nSPS) is 17.1. The maximum absolute atomic E-state index is 13.9. The van der Waals surface area contributed by atoms with Crippen LogP contribution in [0.4, 0.5) is 0 Å². The van der Waals surface area contributed by atoms with Crippen LogP contribution < -0.4 is 49.1 Å². The third-order valence-electron chi connectivity index (χ3n) is 9.54. The average molecular weight is 817 g/mol. The summed E-state index contributed by atoms with van der Waals surface area (Å²) in [6, 6.07) is 1.32. The van der Waals surface area contributed by atoms with Gasteiger partial charge in [-0.3, -0.25) is 48.1 Å². The summed E-state index contributed by atoms with van der Waals surface area (Å²) in [4.78, 5) is 116. The Morgan fingerprint density at radius 3 is 1.84 bits per heavy atom. The Balaban J connectivity index is 2.34. The van der Waals surface area contributed by atoms with Crippen LogP contribution in [0, 0.1) is 11.8 Å². The lowest BCUT2D eigenvalue weighted by molar-refractivity contribution is -0.135. The first-order valence-corrected chi connectivity index (χ1v) is 19.3. The van der Waals surface area contributed by atoms with Gasteiger partial charge in [-0.15, -0.1) is 0 Å². The lowest BCUT2D eigenvalue weighted by Crippen LogP contribution is -2.60. The third-order valence-corrected chi connectivity index (χ3v) is 9.54. The second-order valence-electron chi connectivity index (χ2n) is 15.1. The Morgan fingerprint density at radius 1 is 0.724 bits per heavy atom. The van der Waals surface area contributed by atoms with Gasteiger partial charge in [-0.2, -0.15) is 0 Å². The largest absolute Gasteiger partial charge is 0.394 e. The molecule has 1 aliphatic heterocycles. The van der Waals surface area contributed by atoms with Gasteiger partial charge >= 0.3 is 0 Å². The van der Waals surface area contributed by atoms with E-state index in [4.69, 9.17) is 17.2 Å². The number of benzene rings is 1. The van der Waals surface area contributed by atoms with Gasteiger partial charge in [0.15, 0.2) is 0 Å². The molecule has 0 aliphatic carbocycles. The Hall–Kier alpha value is -5.63. The van der Waals surface area contributed by atoms with Crippen LogP contribution in [0.25, 0.3) is 0 Å². The molecule has 20 heteroatoms. The number of likely N-dealkylation sites (tertiary alicyclic amines) is 1. The second-order valence-corrected chi connectivity index (χ2v) is 15.1. The summed E-state index contributed by atoms with van der Waals surface area (Å²) in [5.41, 5.74) is 17.1. The quantitative estimate of drug-likeness (QED) is 0.0489. The topological polar surface area (TPSA) is 327 Å². The number of nitrogens with one attached hydrogen (secondary N) is 6. The monoisotopic (exact) mass is 816 g/mol. The van der Waals surface area contributed by atoms with Crippen LogP contribution in [0.3, 0.4) is 0 Å². The van der Waals surface area contributed by atoms with Gasteiger partial charge in [0.2, 0.25) is 53.2 Å². The Kier molecular flexibility index (Phi) is 19.7. The fourth-order valence-electron chi connectivity index (χ4n) is 6.53. The highest BCUT2D eigenvalue weighted by atomic mass is 16.3. The highest BCUT2D eigenvalue weighted by molar-refractivity contribution is 5.96. The van der Waals surface area contributed by atoms with Crippen molar-refractivity contribution < 1.29 is 48.3 Å². The minimum atomic E-state index is -1.56. The summed E-state index contributed by atoms with van der Waals surface area (Å²) in [6.45, 7) is 7.88. The number of aliphatic hydroxyl groups is 1. The van der Waals surface area contributed by atoms with E-state index in [1.165, 1.54) is 0 Å². The van der Waals surface area contributed by atoms with Crippen molar-refractivity contribution in [2.45, 2.75) is 115 Å². The predicted octanol–water partition coefficient (Wildman–Crippen LogP) is -3.45. The number of primary amides is 3. The van der Waals surface area contributed by atoms with Gasteiger partial charge in [-0.05, 0) is 49.6 Å². The van der Waals surface area contributed by atoms with Gasteiger partial charge in [0.05, 0.1) is 19.1 Å². The molecule has 9 amide bonds. The molecule has 2 rings (SSSR count). The molecule has 1 aromatic rings. The molecule has 1 aliphatic rings. The predicted molar refractivity (Wildman–Crippen MR) is 210 cm³/mol. The molecule has 322 valence electrons. The van der Waals surface area contributed by atoms with Gasteiger partial charge in [0, 0.05) is 25.9 Å². The van der Waals surface area contributed by atoms with Gasteiger partial charge in [-0.25, -0.2) is 0 Å². The summed E-state index contributed by atoms with van der Waals surface area (Å²) >= 11 is 0. The number of carbonyl (C=O) groups excluding carboxylic acids is 9. The Labute approximate surface area is 337 Å². The standard InChI is InChI=1S/C38H60N10O10/c1-20(2)31(33(41)53)46-38(58)32(21(3)4)47-37(57)28-12-9-15-48(28)18-24(16-23-10-7-6-8-11-23)43-35(55)26(17-30(40)52)45-34(54)25(13-14-29(39)51)44-36(56)27(19-49)42-22(5)50/h6-8,10-11,20-21,24-28,31-32,49H,9,12-19H2,1-5H3,(H2,39,51)(H2,40,52)(H2,41,53)(H,42,50)(H,43,55)(H,44,56)(H,45,54)(H,46,58)(H,47,57)/t24-,25-,26-,27-,28+,31-,32-/m0/s1. The van der Waals surface area contributed by atoms with Gasteiger partial charge < -0.3 is 54.2 Å². The summed E-state index contributed by atoms with van der Waals surface area (Å²) < 4.78 is 0. The minimum Gasteiger partial charge on any atom is -0.394 e. The fraction of sp³-hybridized carbons (Fsp3) is 0.605. The summed E-state index contributed by atoms with van der Waals surface area (Å²) in [6.07, 6.45) is -0.0208. The lowest BCUT2D eigenvalue weighted by atomic mass is 9.99. The van der Waals surface area contributed by atoms with E-state index < -0.39 is 108 Å². The van der Waals surface area contributed by atoms with Crippen molar-refractivity contribution in [1.29, 1.82) is 0 Å². The molecule has 20 nitrogen and oxygen atoms in total. The van der Waals surface area contributed by atoms with Crippen LogP contribution in [0.1, 0.15) is 72.3 Å². The molecule has 58 heavy (non-hydrogen) atoms. The van der Waals surface area contributed by atoms with Gasteiger partial charge in [0.1, 0.15) is 30.2 Å². The molecule has 1 heterocycles. The summed E-state index contributed by atoms with van der Waals surface area (Å²) in [5.74, 6) is -7.46. The van der Waals surface area contributed by atoms with E-state index in [1.54, 1.807) is 27.7 Å². The highest BCUT2D eigenvalue weighted by Crippen LogP contribution is 2.20. The van der Waals surface area contributed by atoms with Crippen LogP contribution in [-0.4, -0.2) is 125 Å². The van der Waals surface area contributed by atoms with Crippen LogP contribution in [-0.2, 0) is 49.6 Å². The van der Waals surface area contributed by atoms with Gasteiger partial charge in [0.25, 0.3) is 0 Å².